The van der Waals surface area contributed by atoms with Gasteiger partial charge in [-0.25, -0.2) is 14.5 Å². The van der Waals surface area contributed by atoms with Gasteiger partial charge >= 0.3 is 6.09 Å². The van der Waals surface area contributed by atoms with Crippen molar-refractivity contribution >= 4 is 29.4 Å². The first-order chi connectivity index (χ1) is 16.1. The number of benzene rings is 1. The third-order valence-corrected chi connectivity index (χ3v) is 5.29. The third-order valence-electron chi connectivity index (χ3n) is 4.56. The number of amides is 1. The molecule has 1 aromatic carbocycles. The molecule has 0 saturated carbocycles. The van der Waals surface area contributed by atoms with Crippen molar-refractivity contribution in [2.75, 3.05) is 18.2 Å². The van der Waals surface area contributed by atoms with Crippen LogP contribution >= 0.6 is 11.8 Å². The van der Waals surface area contributed by atoms with E-state index in [0.29, 0.717) is 29.7 Å². The lowest BCUT2D eigenvalue weighted by atomic mass is 10.1. The SMILES string of the molecule is CCCCCOC(=O)Nc1cccc(CO/N=C(\c2cccc(SC)c2)c2nnnn2C)n1. The number of pyridine rings is 1. The van der Waals surface area contributed by atoms with Crippen molar-refractivity contribution in [3.05, 3.63) is 59.5 Å². The molecule has 11 heteroatoms. The largest absolute Gasteiger partial charge is 0.449 e. The molecule has 0 spiro atoms. The quantitative estimate of drug-likeness (QED) is 0.194. The Balaban J connectivity index is 1.68. The lowest BCUT2D eigenvalue weighted by molar-refractivity contribution is 0.128. The summed E-state index contributed by atoms with van der Waals surface area (Å²) in [6, 6.07) is 13.1. The number of tetrazole rings is 1. The predicted molar refractivity (Wildman–Crippen MR) is 126 cm³/mol. The molecular weight excluding hydrogens is 442 g/mol. The second kappa shape index (κ2) is 12.5. The minimum Gasteiger partial charge on any atom is -0.449 e. The van der Waals surface area contributed by atoms with Gasteiger partial charge in [0.1, 0.15) is 5.82 Å². The number of nitrogens with zero attached hydrogens (tertiary/aromatic N) is 6. The number of carbonyl (C=O) groups is 1. The highest BCUT2D eigenvalue weighted by Gasteiger charge is 2.16. The maximum atomic E-state index is 11.9. The number of thioether (sulfide) groups is 1. The summed E-state index contributed by atoms with van der Waals surface area (Å²) in [6.07, 6.45) is 4.40. The molecule has 1 N–H and O–H groups in total. The summed E-state index contributed by atoms with van der Waals surface area (Å²) in [4.78, 5) is 23.0. The van der Waals surface area contributed by atoms with Crippen molar-refractivity contribution in [2.24, 2.45) is 12.2 Å². The van der Waals surface area contributed by atoms with E-state index in [4.69, 9.17) is 9.57 Å². The first-order valence-electron chi connectivity index (χ1n) is 10.6. The van der Waals surface area contributed by atoms with Crippen LogP contribution in [-0.2, 0) is 23.2 Å². The summed E-state index contributed by atoms with van der Waals surface area (Å²) < 4.78 is 6.69. The number of unbranched alkanes of at least 4 members (excludes halogenated alkanes) is 2. The Bertz CT molecular complexity index is 1090. The standard InChI is InChI=1S/C22H27N7O3S/c1-4-5-6-13-31-22(30)24-19-12-8-10-17(23-19)15-32-26-20(21-25-27-28-29(21)2)16-9-7-11-18(14-16)33-3/h7-12,14H,4-6,13,15H2,1-3H3,(H,23,24,30)/b26-20+. The molecule has 0 unspecified atom stereocenters. The van der Waals surface area contributed by atoms with Gasteiger partial charge in [0.15, 0.2) is 12.3 Å². The minimum absolute atomic E-state index is 0.0953. The molecule has 0 atom stereocenters. The summed E-state index contributed by atoms with van der Waals surface area (Å²) in [6.45, 7) is 2.57. The van der Waals surface area contributed by atoms with Gasteiger partial charge in [0.05, 0.1) is 12.3 Å². The van der Waals surface area contributed by atoms with E-state index in [-0.39, 0.29) is 6.61 Å². The van der Waals surface area contributed by atoms with Crippen LogP contribution in [0.3, 0.4) is 0 Å². The van der Waals surface area contributed by atoms with Crippen molar-refractivity contribution in [2.45, 2.75) is 37.7 Å². The smallest absolute Gasteiger partial charge is 0.412 e. The Morgan fingerprint density at radius 3 is 2.82 bits per heavy atom. The van der Waals surface area contributed by atoms with E-state index in [0.717, 1.165) is 29.7 Å². The van der Waals surface area contributed by atoms with Gasteiger partial charge in [-0.05, 0) is 47.4 Å². The molecule has 1 amide bonds. The monoisotopic (exact) mass is 469 g/mol. The molecule has 0 aliphatic carbocycles. The second-order valence-corrected chi connectivity index (χ2v) is 7.93. The summed E-state index contributed by atoms with van der Waals surface area (Å²) in [5.41, 5.74) is 1.92. The van der Waals surface area contributed by atoms with Crippen LogP contribution in [0.25, 0.3) is 0 Å². The van der Waals surface area contributed by atoms with E-state index >= 15 is 0 Å². The molecule has 0 aliphatic heterocycles. The highest BCUT2D eigenvalue weighted by Crippen LogP contribution is 2.18. The number of oxime groups is 1. The minimum atomic E-state index is -0.527. The lowest BCUT2D eigenvalue weighted by Gasteiger charge is -2.08. The predicted octanol–water partition coefficient (Wildman–Crippen LogP) is 4.03. The van der Waals surface area contributed by atoms with Crippen LogP contribution in [0.15, 0.2) is 52.5 Å². The molecule has 33 heavy (non-hydrogen) atoms. The van der Waals surface area contributed by atoms with Crippen LogP contribution in [0.4, 0.5) is 10.6 Å². The van der Waals surface area contributed by atoms with Crippen molar-refractivity contribution in [1.29, 1.82) is 0 Å². The molecule has 0 fully saturated rings. The molecule has 2 aromatic heterocycles. The molecule has 0 bridgehead atoms. The topological polar surface area (TPSA) is 116 Å². The number of hydrogen-bond donors (Lipinski definition) is 1. The van der Waals surface area contributed by atoms with Gasteiger partial charge in [-0.15, -0.1) is 16.9 Å². The zero-order valence-corrected chi connectivity index (χ0v) is 19.7. The average Bonchev–Trinajstić information content (AvgIpc) is 3.25. The van der Waals surface area contributed by atoms with Crippen molar-refractivity contribution in [3.8, 4) is 0 Å². The zero-order chi connectivity index (χ0) is 23.5. The van der Waals surface area contributed by atoms with Gasteiger partial charge in [0.25, 0.3) is 0 Å². The summed E-state index contributed by atoms with van der Waals surface area (Å²) in [5.74, 6) is 0.855. The van der Waals surface area contributed by atoms with E-state index in [1.807, 2.05) is 30.5 Å². The molecule has 2 heterocycles. The number of aromatic nitrogens is 5. The molecule has 0 radical (unpaired) electrons. The van der Waals surface area contributed by atoms with E-state index < -0.39 is 6.09 Å². The highest BCUT2D eigenvalue weighted by atomic mass is 32.2. The van der Waals surface area contributed by atoms with Gasteiger partial charge in [-0.2, -0.15) is 0 Å². The fraction of sp³-hybridized carbons (Fsp3) is 0.364. The number of anilines is 1. The summed E-state index contributed by atoms with van der Waals surface area (Å²) in [7, 11) is 1.74. The van der Waals surface area contributed by atoms with E-state index in [1.165, 1.54) is 4.68 Å². The van der Waals surface area contributed by atoms with Gasteiger partial charge in [-0.1, -0.05) is 43.1 Å². The van der Waals surface area contributed by atoms with Crippen LogP contribution < -0.4 is 5.32 Å². The van der Waals surface area contributed by atoms with E-state index in [9.17, 15) is 4.79 Å². The first-order valence-corrected chi connectivity index (χ1v) is 11.8. The Kier molecular flexibility index (Phi) is 9.19. The second-order valence-electron chi connectivity index (χ2n) is 7.05. The van der Waals surface area contributed by atoms with Gasteiger partial charge in [0.2, 0.25) is 5.82 Å². The molecule has 0 saturated heterocycles. The summed E-state index contributed by atoms with van der Waals surface area (Å²) >= 11 is 1.63. The normalized spacial score (nSPS) is 11.3. The average molecular weight is 470 g/mol. The van der Waals surface area contributed by atoms with E-state index in [1.54, 1.807) is 37.0 Å². The van der Waals surface area contributed by atoms with Gasteiger partial charge < -0.3 is 9.57 Å². The van der Waals surface area contributed by atoms with Crippen molar-refractivity contribution in [3.63, 3.8) is 0 Å². The van der Waals surface area contributed by atoms with Crippen LogP contribution in [0.1, 0.15) is 43.3 Å². The molecule has 0 aliphatic rings. The zero-order valence-electron chi connectivity index (χ0n) is 18.9. The molecule has 3 rings (SSSR count). The number of hydrogen-bond acceptors (Lipinski definition) is 9. The Morgan fingerprint density at radius 1 is 1.21 bits per heavy atom. The fourth-order valence-corrected chi connectivity index (χ4v) is 3.33. The molecule has 10 nitrogen and oxygen atoms in total. The fourth-order valence-electron chi connectivity index (χ4n) is 2.87. The number of rotatable bonds is 11. The lowest BCUT2D eigenvalue weighted by Crippen LogP contribution is -2.15. The van der Waals surface area contributed by atoms with Gasteiger partial charge in [-0.3, -0.25) is 5.32 Å². The van der Waals surface area contributed by atoms with Crippen molar-refractivity contribution in [1.82, 2.24) is 25.2 Å². The number of ether oxygens (including phenoxy) is 1. The van der Waals surface area contributed by atoms with Crippen molar-refractivity contribution < 1.29 is 14.4 Å². The molecule has 3 aromatic rings. The maximum Gasteiger partial charge on any atom is 0.412 e. The van der Waals surface area contributed by atoms with Crippen LogP contribution in [0.5, 0.6) is 0 Å². The highest BCUT2D eigenvalue weighted by molar-refractivity contribution is 7.98. The maximum absolute atomic E-state index is 11.9. The first kappa shape index (κ1) is 24.2. The number of carbonyl (C=O) groups excluding carboxylic acids is 1. The molecule has 174 valence electrons. The Hall–Kier alpha value is -3.47. The van der Waals surface area contributed by atoms with Crippen LogP contribution in [0, 0.1) is 0 Å². The number of nitrogens with one attached hydrogen (secondary N) is 1. The Labute approximate surface area is 196 Å². The summed E-state index contributed by atoms with van der Waals surface area (Å²) in [5, 5.41) is 18.6. The molecular formula is C22H27N7O3S. The third kappa shape index (κ3) is 7.28. The van der Waals surface area contributed by atoms with E-state index in [2.05, 4.69) is 37.9 Å². The van der Waals surface area contributed by atoms with Crippen LogP contribution in [0.2, 0.25) is 0 Å². The van der Waals surface area contributed by atoms with Gasteiger partial charge in [0, 0.05) is 17.5 Å². The Morgan fingerprint density at radius 2 is 2.06 bits per heavy atom. The number of aryl methyl sites for hydroxylation is 1. The van der Waals surface area contributed by atoms with Crippen LogP contribution in [-0.4, -0.2) is 49.9 Å².